The van der Waals surface area contributed by atoms with Crippen LogP contribution in [0.3, 0.4) is 0 Å². The fraction of sp³-hybridized carbons (Fsp3) is 0. The molecule has 62 heavy (non-hydrogen) atoms. The van der Waals surface area contributed by atoms with E-state index in [0.717, 1.165) is 33.1 Å². The molecular formula is C58H34N2S2. The lowest BCUT2D eigenvalue weighted by molar-refractivity contribution is 1.31. The first-order chi connectivity index (χ1) is 30.7. The summed E-state index contributed by atoms with van der Waals surface area (Å²) in [6.07, 6.45) is 1.99. The summed E-state index contributed by atoms with van der Waals surface area (Å²) in [5, 5.41) is 9.70. The SMILES string of the molecule is c1ccc(-c2ccc3c(c2)c2cc(-c4ccccc4)ccc2c2nc(-c4cc(-c5cccc6c5sc5ccccc56)cc(-c5cccc6c5sc5ccccc56)c4)cnc32)cc1. The van der Waals surface area contributed by atoms with Crippen molar-refractivity contribution in [2.75, 3.05) is 0 Å². The van der Waals surface area contributed by atoms with Gasteiger partial charge < -0.3 is 0 Å². The van der Waals surface area contributed by atoms with Crippen LogP contribution in [0.1, 0.15) is 0 Å². The van der Waals surface area contributed by atoms with Gasteiger partial charge in [0.25, 0.3) is 0 Å². The van der Waals surface area contributed by atoms with Gasteiger partial charge in [-0.2, -0.15) is 0 Å². The molecule has 3 heterocycles. The summed E-state index contributed by atoms with van der Waals surface area (Å²) in [5.74, 6) is 0. The van der Waals surface area contributed by atoms with Crippen molar-refractivity contribution in [3.63, 3.8) is 0 Å². The molecule has 0 aliphatic heterocycles. The number of thiophene rings is 2. The summed E-state index contributed by atoms with van der Waals surface area (Å²) in [5.41, 5.74) is 13.2. The summed E-state index contributed by atoms with van der Waals surface area (Å²) in [6, 6.07) is 72.9. The van der Waals surface area contributed by atoms with E-state index in [9.17, 15) is 0 Å². The van der Waals surface area contributed by atoms with Crippen molar-refractivity contribution in [2.24, 2.45) is 0 Å². The molecule has 0 saturated carbocycles. The summed E-state index contributed by atoms with van der Waals surface area (Å²) in [7, 11) is 0. The van der Waals surface area contributed by atoms with E-state index >= 15 is 0 Å². The van der Waals surface area contributed by atoms with Gasteiger partial charge in [-0.25, -0.2) is 4.98 Å². The minimum Gasteiger partial charge on any atom is -0.252 e. The molecular weight excluding hydrogens is 789 g/mol. The molecule has 0 aliphatic rings. The number of fused-ring (bicyclic) bond motifs is 12. The van der Waals surface area contributed by atoms with Crippen molar-refractivity contribution in [3.8, 4) is 55.8 Å². The zero-order valence-electron chi connectivity index (χ0n) is 33.3. The second kappa shape index (κ2) is 14.0. The van der Waals surface area contributed by atoms with Crippen LogP contribution in [0.5, 0.6) is 0 Å². The van der Waals surface area contributed by atoms with E-state index in [-0.39, 0.29) is 0 Å². The van der Waals surface area contributed by atoms with Crippen LogP contribution in [0, 0.1) is 0 Å². The largest absolute Gasteiger partial charge is 0.252 e. The lowest BCUT2D eigenvalue weighted by atomic mass is 9.92. The van der Waals surface area contributed by atoms with Crippen LogP contribution in [0.2, 0.25) is 0 Å². The maximum Gasteiger partial charge on any atom is 0.0979 e. The molecule has 0 fully saturated rings. The molecule has 288 valence electrons. The third-order valence-electron chi connectivity index (χ3n) is 12.5. The van der Waals surface area contributed by atoms with E-state index in [0.29, 0.717) is 0 Å². The Balaban J connectivity index is 1.07. The number of nitrogens with zero attached hydrogens (tertiary/aromatic N) is 2. The normalized spacial score (nSPS) is 11.9. The van der Waals surface area contributed by atoms with Crippen LogP contribution in [-0.4, -0.2) is 9.97 Å². The molecule has 0 unspecified atom stereocenters. The Bertz CT molecular complexity index is 3790. The highest BCUT2D eigenvalue weighted by atomic mass is 32.1. The van der Waals surface area contributed by atoms with Gasteiger partial charge in [-0.3, -0.25) is 4.98 Å². The summed E-state index contributed by atoms with van der Waals surface area (Å²) < 4.78 is 5.19. The Hall–Kier alpha value is -7.50. The van der Waals surface area contributed by atoms with Gasteiger partial charge in [-0.1, -0.05) is 158 Å². The van der Waals surface area contributed by atoms with Crippen molar-refractivity contribution < 1.29 is 0 Å². The maximum atomic E-state index is 5.61. The standard InChI is InChI=1S/C58H34N2S2/c1-3-13-35(14-4-1)37-25-27-46-50(32-37)51-33-38(36-15-5-2-6-16-36)26-28-47(51)56-55(46)59-34-52(60-56)41-30-39(42-19-11-21-48-44-17-7-9-23-53(44)61-57(42)48)29-40(31-41)43-20-12-22-49-45-18-8-10-24-54(45)62-58(43)49/h1-34H. The Morgan fingerprint density at radius 2 is 0.758 bits per heavy atom. The number of rotatable bonds is 5. The van der Waals surface area contributed by atoms with E-state index < -0.39 is 0 Å². The van der Waals surface area contributed by atoms with Gasteiger partial charge in [-0.05, 0) is 97.7 Å². The van der Waals surface area contributed by atoms with Crippen molar-refractivity contribution in [1.29, 1.82) is 0 Å². The third kappa shape index (κ3) is 5.61. The number of aromatic nitrogens is 2. The Morgan fingerprint density at radius 3 is 1.31 bits per heavy atom. The average Bonchev–Trinajstić information content (AvgIpc) is 3.93. The van der Waals surface area contributed by atoms with E-state index in [1.165, 1.54) is 95.6 Å². The minimum atomic E-state index is 0.848. The van der Waals surface area contributed by atoms with Crippen molar-refractivity contribution in [3.05, 3.63) is 206 Å². The Kier molecular flexibility index (Phi) is 7.99. The van der Waals surface area contributed by atoms with Gasteiger partial charge in [0.2, 0.25) is 0 Å². The summed E-state index contributed by atoms with van der Waals surface area (Å²) in [6.45, 7) is 0. The summed E-state index contributed by atoms with van der Waals surface area (Å²) >= 11 is 3.74. The van der Waals surface area contributed by atoms with Crippen molar-refractivity contribution in [2.45, 2.75) is 0 Å². The molecule has 0 radical (unpaired) electrons. The van der Waals surface area contributed by atoms with E-state index in [1.54, 1.807) is 0 Å². The van der Waals surface area contributed by atoms with Crippen molar-refractivity contribution in [1.82, 2.24) is 9.97 Å². The molecule has 13 aromatic rings. The van der Waals surface area contributed by atoms with Gasteiger partial charge in [0.1, 0.15) is 0 Å². The molecule has 0 bridgehead atoms. The molecule has 0 spiro atoms. The quantitative estimate of drug-likeness (QED) is 0.162. The lowest BCUT2D eigenvalue weighted by Gasteiger charge is -2.15. The number of hydrogen-bond acceptors (Lipinski definition) is 4. The third-order valence-corrected chi connectivity index (χ3v) is 14.9. The highest BCUT2D eigenvalue weighted by Crippen LogP contribution is 2.45. The fourth-order valence-corrected chi connectivity index (χ4v) is 12.0. The van der Waals surface area contributed by atoms with Gasteiger partial charge in [0, 0.05) is 56.7 Å². The Labute approximate surface area is 365 Å². The Morgan fingerprint density at radius 1 is 0.290 bits per heavy atom. The lowest BCUT2D eigenvalue weighted by Crippen LogP contribution is -1.94. The van der Waals surface area contributed by atoms with Crippen LogP contribution >= 0.6 is 22.7 Å². The van der Waals surface area contributed by atoms with Crippen LogP contribution in [0.25, 0.3) is 129 Å². The highest BCUT2D eigenvalue weighted by molar-refractivity contribution is 7.26. The van der Waals surface area contributed by atoms with Gasteiger partial charge in [0.15, 0.2) is 0 Å². The van der Waals surface area contributed by atoms with Crippen molar-refractivity contribution >= 4 is 95.6 Å². The minimum absolute atomic E-state index is 0.848. The molecule has 10 aromatic carbocycles. The van der Waals surface area contributed by atoms with Crippen LogP contribution in [0.15, 0.2) is 206 Å². The second-order valence-corrected chi connectivity index (χ2v) is 18.2. The van der Waals surface area contributed by atoms with Gasteiger partial charge >= 0.3 is 0 Å². The van der Waals surface area contributed by atoms with E-state index in [1.807, 2.05) is 28.9 Å². The predicted molar refractivity (Wildman–Crippen MR) is 268 cm³/mol. The first-order valence-corrected chi connectivity index (χ1v) is 22.6. The molecule has 0 saturated heterocycles. The second-order valence-electron chi connectivity index (χ2n) is 16.1. The molecule has 0 amide bonds. The predicted octanol–water partition coefficient (Wildman–Crippen LogP) is 17.0. The van der Waals surface area contributed by atoms with E-state index in [4.69, 9.17) is 9.97 Å². The van der Waals surface area contributed by atoms with Crippen LogP contribution in [-0.2, 0) is 0 Å². The molecule has 2 nitrogen and oxygen atoms in total. The first-order valence-electron chi connectivity index (χ1n) is 21.0. The number of hydrogen-bond donors (Lipinski definition) is 0. The fourth-order valence-electron chi connectivity index (χ4n) is 9.52. The zero-order valence-corrected chi connectivity index (χ0v) is 35.0. The number of benzene rings is 10. The molecule has 4 heteroatoms. The monoisotopic (exact) mass is 822 g/mol. The molecule has 0 N–H and O–H groups in total. The molecule has 3 aromatic heterocycles. The average molecular weight is 823 g/mol. The first kappa shape index (κ1) is 35.3. The van der Waals surface area contributed by atoms with E-state index in [2.05, 4.69) is 200 Å². The zero-order chi connectivity index (χ0) is 40.7. The topological polar surface area (TPSA) is 25.8 Å². The van der Waals surface area contributed by atoms with Crippen LogP contribution in [0.4, 0.5) is 0 Å². The van der Waals surface area contributed by atoms with Gasteiger partial charge in [-0.15, -0.1) is 22.7 Å². The molecule has 0 atom stereocenters. The van der Waals surface area contributed by atoms with Gasteiger partial charge in [0.05, 0.1) is 22.9 Å². The summed E-state index contributed by atoms with van der Waals surface area (Å²) in [4.78, 5) is 10.9. The smallest absolute Gasteiger partial charge is 0.0979 e. The molecule has 13 rings (SSSR count). The highest BCUT2D eigenvalue weighted by Gasteiger charge is 2.19. The van der Waals surface area contributed by atoms with Crippen LogP contribution < -0.4 is 0 Å². The maximum absolute atomic E-state index is 5.61. The molecule has 0 aliphatic carbocycles.